The number of rotatable bonds is 6. The summed E-state index contributed by atoms with van der Waals surface area (Å²) in [5, 5.41) is 2.98. The third kappa shape index (κ3) is 5.63. The number of carbonyl (C=O) groups excluding carboxylic acids is 2. The first kappa shape index (κ1) is 22.5. The first-order valence-electron chi connectivity index (χ1n) is 9.50. The molecule has 156 valence electrons. The van der Waals surface area contributed by atoms with Crippen LogP contribution in [0, 0.1) is 5.92 Å². The van der Waals surface area contributed by atoms with Gasteiger partial charge in [0.15, 0.2) is 0 Å². The van der Waals surface area contributed by atoms with Gasteiger partial charge in [0.25, 0.3) is 0 Å². The quantitative estimate of drug-likeness (QED) is 0.678. The number of anilines is 1. The van der Waals surface area contributed by atoms with E-state index in [0.29, 0.717) is 0 Å². The molecule has 1 aliphatic rings. The van der Waals surface area contributed by atoms with E-state index < -0.39 is 29.6 Å². The van der Waals surface area contributed by atoms with Gasteiger partial charge >= 0.3 is 6.18 Å². The van der Waals surface area contributed by atoms with E-state index in [1.165, 1.54) is 12.1 Å². The van der Waals surface area contributed by atoms with Crippen LogP contribution in [0.1, 0.15) is 51.5 Å². The van der Waals surface area contributed by atoms with Crippen LogP contribution >= 0.6 is 11.6 Å². The molecule has 0 heterocycles. The molecule has 1 N–H and O–H groups in total. The van der Waals surface area contributed by atoms with E-state index in [-0.39, 0.29) is 23.6 Å². The van der Waals surface area contributed by atoms with Crippen molar-refractivity contribution >= 4 is 29.1 Å². The molecule has 0 saturated heterocycles. The third-order valence-corrected chi connectivity index (χ3v) is 5.19. The third-order valence-electron chi connectivity index (χ3n) is 4.96. The van der Waals surface area contributed by atoms with Crippen molar-refractivity contribution in [3.05, 3.63) is 29.8 Å². The molecule has 0 aromatic heterocycles. The molecule has 4 nitrogen and oxygen atoms in total. The van der Waals surface area contributed by atoms with Crippen molar-refractivity contribution in [2.24, 2.45) is 5.92 Å². The summed E-state index contributed by atoms with van der Waals surface area (Å²) in [4.78, 5) is 26.7. The summed E-state index contributed by atoms with van der Waals surface area (Å²) in [6, 6.07) is 3.51. The molecule has 1 saturated carbocycles. The fourth-order valence-corrected chi connectivity index (χ4v) is 3.74. The molecule has 1 unspecified atom stereocenters. The van der Waals surface area contributed by atoms with E-state index in [2.05, 4.69) is 5.32 Å². The Balaban J connectivity index is 2.37. The second kappa shape index (κ2) is 9.63. The average molecular weight is 419 g/mol. The van der Waals surface area contributed by atoms with Crippen molar-refractivity contribution < 1.29 is 22.8 Å². The topological polar surface area (TPSA) is 49.4 Å². The molecule has 2 amide bonds. The Morgan fingerprint density at radius 1 is 1.21 bits per heavy atom. The van der Waals surface area contributed by atoms with Gasteiger partial charge in [0.2, 0.25) is 11.8 Å². The maximum absolute atomic E-state index is 13.1. The molecule has 0 spiro atoms. The Kier molecular flexibility index (Phi) is 7.75. The fourth-order valence-electron chi connectivity index (χ4n) is 3.61. The van der Waals surface area contributed by atoms with Crippen LogP contribution in [-0.2, 0) is 15.8 Å². The second-order valence-corrected chi connectivity index (χ2v) is 7.75. The lowest BCUT2D eigenvalue weighted by atomic mass is 9.94. The molecule has 0 bridgehead atoms. The Morgan fingerprint density at radius 3 is 2.39 bits per heavy atom. The van der Waals surface area contributed by atoms with E-state index in [0.717, 1.165) is 49.1 Å². The number of nitrogens with one attached hydrogen (secondary N) is 1. The number of nitrogens with zero attached hydrogens (tertiary/aromatic N) is 1. The Labute approximate surface area is 168 Å². The maximum atomic E-state index is 13.1. The Bertz CT molecular complexity index is 688. The Morgan fingerprint density at radius 2 is 1.86 bits per heavy atom. The highest BCUT2D eigenvalue weighted by atomic mass is 35.5. The summed E-state index contributed by atoms with van der Waals surface area (Å²) in [7, 11) is 0. The molecule has 0 aliphatic heterocycles. The van der Waals surface area contributed by atoms with Crippen LogP contribution in [-0.4, -0.2) is 29.8 Å². The van der Waals surface area contributed by atoms with Gasteiger partial charge in [-0.15, -0.1) is 11.6 Å². The van der Waals surface area contributed by atoms with Crippen molar-refractivity contribution in [2.45, 2.75) is 64.2 Å². The van der Waals surface area contributed by atoms with Crippen LogP contribution in [0.15, 0.2) is 24.3 Å². The highest BCUT2D eigenvalue weighted by Crippen LogP contribution is 2.33. The van der Waals surface area contributed by atoms with E-state index in [1.807, 2.05) is 0 Å². The van der Waals surface area contributed by atoms with Gasteiger partial charge in [0.1, 0.15) is 11.9 Å². The van der Waals surface area contributed by atoms with Crippen molar-refractivity contribution in [1.82, 2.24) is 5.32 Å². The fraction of sp³-hybridized carbons (Fsp3) is 0.600. The summed E-state index contributed by atoms with van der Waals surface area (Å²) in [6.07, 6.45) is 0.349. The zero-order chi connectivity index (χ0) is 20.9. The lowest BCUT2D eigenvalue weighted by Gasteiger charge is -2.35. The van der Waals surface area contributed by atoms with Gasteiger partial charge in [-0.3, -0.25) is 14.5 Å². The van der Waals surface area contributed by atoms with Crippen LogP contribution in [0.3, 0.4) is 0 Å². The van der Waals surface area contributed by atoms with E-state index in [1.54, 1.807) is 13.8 Å². The lowest BCUT2D eigenvalue weighted by molar-refractivity contribution is -0.137. The van der Waals surface area contributed by atoms with Gasteiger partial charge in [0, 0.05) is 11.7 Å². The Hall–Kier alpha value is -1.76. The smallest absolute Gasteiger partial charge is 0.352 e. The van der Waals surface area contributed by atoms with Crippen molar-refractivity contribution in [3.63, 3.8) is 0 Å². The second-order valence-electron chi connectivity index (χ2n) is 7.48. The minimum Gasteiger partial charge on any atom is -0.352 e. The normalized spacial score (nSPS) is 16.7. The molecule has 8 heteroatoms. The summed E-state index contributed by atoms with van der Waals surface area (Å²) in [6.45, 7) is 3.51. The number of amides is 2. The van der Waals surface area contributed by atoms with Crippen LogP contribution in [0.2, 0.25) is 0 Å². The SMILES string of the molecule is CC(C)C(C(=O)NC1CCCCC1)N(C(=O)CCl)c1cccc(C(F)(F)F)c1. The number of alkyl halides is 4. The number of hydrogen-bond acceptors (Lipinski definition) is 2. The van der Waals surface area contributed by atoms with Crippen molar-refractivity contribution in [1.29, 1.82) is 0 Å². The van der Waals surface area contributed by atoms with Gasteiger partial charge in [-0.1, -0.05) is 39.2 Å². The largest absolute Gasteiger partial charge is 0.416 e. The van der Waals surface area contributed by atoms with Gasteiger partial charge in [0.05, 0.1) is 5.56 Å². The van der Waals surface area contributed by atoms with Gasteiger partial charge in [-0.2, -0.15) is 13.2 Å². The number of benzene rings is 1. The molecular formula is C20H26ClF3N2O2. The zero-order valence-corrected chi connectivity index (χ0v) is 16.8. The molecule has 0 radical (unpaired) electrons. The summed E-state index contributed by atoms with van der Waals surface area (Å²) in [5.74, 6) is -1.72. The molecule has 1 aliphatic carbocycles. The monoisotopic (exact) mass is 418 g/mol. The molecule has 1 aromatic rings. The minimum atomic E-state index is -4.55. The lowest BCUT2D eigenvalue weighted by Crippen LogP contribution is -2.55. The summed E-state index contributed by atoms with van der Waals surface area (Å²) >= 11 is 5.73. The molecule has 1 fully saturated rings. The summed E-state index contributed by atoms with van der Waals surface area (Å²) in [5.41, 5.74) is -0.870. The molecule has 2 rings (SSSR count). The van der Waals surface area contributed by atoms with E-state index in [4.69, 9.17) is 11.6 Å². The van der Waals surface area contributed by atoms with Crippen LogP contribution in [0.4, 0.5) is 18.9 Å². The van der Waals surface area contributed by atoms with Crippen molar-refractivity contribution in [3.8, 4) is 0 Å². The number of halogens is 4. The van der Waals surface area contributed by atoms with Crippen LogP contribution in [0.25, 0.3) is 0 Å². The highest BCUT2D eigenvalue weighted by molar-refractivity contribution is 6.29. The first-order chi connectivity index (χ1) is 13.1. The minimum absolute atomic E-state index is 0.0120. The predicted octanol–water partition coefficient (Wildman–Crippen LogP) is 4.75. The zero-order valence-electron chi connectivity index (χ0n) is 16.1. The molecule has 1 aromatic carbocycles. The van der Waals surface area contributed by atoms with E-state index >= 15 is 0 Å². The van der Waals surface area contributed by atoms with E-state index in [9.17, 15) is 22.8 Å². The van der Waals surface area contributed by atoms with Crippen LogP contribution < -0.4 is 10.2 Å². The number of carbonyl (C=O) groups is 2. The van der Waals surface area contributed by atoms with Crippen molar-refractivity contribution in [2.75, 3.05) is 10.8 Å². The maximum Gasteiger partial charge on any atom is 0.416 e. The standard InChI is InChI=1S/C20H26ClF3N2O2/c1-13(2)18(19(28)25-15-8-4-3-5-9-15)26(17(27)12-21)16-10-6-7-14(11-16)20(22,23)24/h6-7,10-11,13,15,18H,3-5,8-9,12H2,1-2H3,(H,25,28). The van der Waals surface area contributed by atoms with Gasteiger partial charge < -0.3 is 5.32 Å². The molecule has 1 atom stereocenters. The predicted molar refractivity (Wildman–Crippen MR) is 103 cm³/mol. The van der Waals surface area contributed by atoms with Gasteiger partial charge in [-0.05, 0) is 37.0 Å². The number of hydrogen-bond donors (Lipinski definition) is 1. The highest BCUT2D eigenvalue weighted by Gasteiger charge is 2.36. The summed E-state index contributed by atoms with van der Waals surface area (Å²) < 4.78 is 39.4. The van der Waals surface area contributed by atoms with Gasteiger partial charge in [-0.25, -0.2) is 0 Å². The van der Waals surface area contributed by atoms with Crippen LogP contribution in [0.5, 0.6) is 0 Å². The molecule has 28 heavy (non-hydrogen) atoms. The average Bonchev–Trinajstić information content (AvgIpc) is 2.65. The first-order valence-corrected chi connectivity index (χ1v) is 10.0. The molecular weight excluding hydrogens is 393 g/mol.